The van der Waals surface area contributed by atoms with Gasteiger partial charge in [-0.2, -0.15) is 5.10 Å². The molecule has 2 unspecified atom stereocenters. The van der Waals surface area contributed by atoms with E-state index in [9.17, 15) is 4.79 Å². The maximum absolute atomic E-state index is 12.1. The number of hydrogen-bond donors (Lipinski definition) is 1. The Labute approximate surface area is 133 Å². The van der Waals surface area contributed by atoms with Crippen molar-refractivity contribution in [3.63, 3.8) is 0 Å². The number of nitrogens with zero attached hydrogens (tertiary/aromatic N) is 3. The lowest BCUT2D eigenvalue weighted by atomic mass is 9.97. The molecule has 0 aromatic carbocycles. The van der Waals surface area contributed by atoms with Crippen molar-refractivity contribution < 1.29 is 9.53 Å². The fraction of sp³-hybridized carbons (Fsp3) is 0.714. The number of nitrogens with two attached hydrogens (primary N) is 1. The van der Waals surface area contributed by atoms with E-state index in [-0.39, 0.29) is 18.1 Å². The Hall–Kier alpha value is -1.08. The molecule has 2 heterocycles. The molecule has 2 rings (SSSR count). The van der Waals surface area contributed by atoms with E-state index in [0.29, 0.717) is 13.1 Å². The summed E-state index contributed by atoms with van der Waals surface area (Å²) in [6.07, 6.45) is 2.36. The maximum atomic E-state index is 12.1. The number of halogens is 1. The van der Waals surface area contributed by atoms with Crippen LogP contribution in [0.4, 0.5) is 4.79 Å². The van der Waals surface area contributed by atoms with Crippen molar-refractivity contribution in [2.24, 2.45) is 18.7 Å². The van der Waals surface area contributed by atoms with E-state index >= 15 is 0 Å². The molecular formula is C14H23BrN4O2. The SMILES string of the molecule is Cn1ncc(Br)c1C(N)C1CCN(C(=O)OC(C)(C)C)C1. The van der Waals surface area contributed by atoms with E-state index in [2.05, 4.69) is 21.0 Å². The molecule has 2 atom stereocenters. The van der Waals surface area contributed by atoms with Crippen LogP contribution in [0.25, 0.3) is 0 Å². The minimum atomic E-state index is -0.470. The molecule has 1 aromatic rings. The summed E-state index contributed by atoms with van der Waals surface area (Å²) < 4.78 is 8.10. The second-order valence-corrected chi connectivity index (χ2v) is 7.36. The molecule has 1 amide bonds. The largest absolute Gasteiger partial charge is 0.444 e. The number of rotatable bonds is 2. The van der Waals surface area contributed by atoms with Gasteiger partial charge in [-0.3, -0.25) is 4.68 Å². The van der Waals surface area contributed by atoms with Crippen LogP contribution in [0.2, 0.25) is 0 Å². The van der Waals surface area contributed by atoms with Crippen LogP contribution in [-0.2, 0) is 11.8 Å². The number of hydrogen-bond acceptors (Lipinski definition) is 4. The third-order valence-electron chi connectivity index (χ3n) is 3.64. The van der Waals surface area contributed by atoms with Crippen molar-refractivity contribution in [2.75, 3.05) is 13.1 Å². The summed E-state index contributed by atoms with van der Waals surface area (Å²) in [6.45, 7) is 6.92. The van der Waals surface area contributed by atoms with Gasteiger partial charge in [-0.1, -0.05) is 0 Å². The van der Waals surface area contributed by atoms with Crippen LogP contribution in [0.1, 0.15) is 38.9 Å². The highest BCUT2D eigenvalue weighted by Gasteiger charge is 2.34. The molecule has 1 aromatic heterocycles. The van der Waals surface area contributed by atoms with E-state index in [1.165, 1.54) is 0 Å². The fourth-order valence-corrected chi connectivity index (χ4v) is 3.20. The van der Waals surface area contributed by atoms with Gasteiger partial charge in [0, 0.05) is 20.1 Å². The van der Waals surface area contributed by atoms with E-state index in [4.69, 9.17) is 10.5 Å². The first kappa shape index (κ1) is 16.3. The first-order chi connectivity index (χ1) is 9.69. The van der Waals surface area contributed by atoms with E-state index < -0.39 is 5.60 Å². The average molecular weight is 359 g/mol. The predicted octanol–water partition coefficient (Wildman–Crippen LogP) is 2.44. The van der Waals surface area contributed by atoms with Gasteiger partial charge in [0.2, 0.25) is 0 Å². The van der Waals surface area contributed by atoms with Crippen LogP contribution < -0.4 is 5.73 Å². The zero-order valence-corrected chi connectivity index (χ0v) is 14.6. The standard InChI is InChI=1S/C14H23BrN4O2/c1-14(2,3)21-13(20)19-6-5-9(8-19)11(16)12-10(15)7-17-18(12)4/h7,9,11H,5-6,8,16H2,1-4H3. The number of carbonyl (C=O) groups is 1. The predicted molar refractivity (Wildman–Crippen MR) is 83.8 cm³/mol. The Bertz CT molecular complexity index is 504. The fourth-order valence-electron chi connectivity index (χ4n) is 2.59. The minimum absolute atomic E-state index is 0.153. The molecule has 0 saturated carbocycles. The van der Waals surface area contributed by atoms with E-state index in [0.717, 1.165) is 16.6 Å². The topological polar surface area (TPSA) is 73.4 Å². The molecule has 2 N–H and O–H groups in total. The van der Waals surface area contributed by atoms with Gasteiger partial charge in [0.1, 0.15) is 5.60 Å². The van der Waals surface area contributed by atoms with Gasteiger partial charge < -0.3 is 15.4 Å². The molecule has 1 fully saturated rings. The minimum Gasteiger partial charge on any atom is -0.444 e. The monoisotopic (exact) mass is 358 g/mol. The molecular weight excluding hydrogens is 336 g/mol. The van der Waals surface area contributed by atoms with Gasteiger partial charge in [-0.15, -0.1) is 0 Å². The van der Waals surface area contributed by atoms with Gasteiger partial charge >= 0.3 is 6.09 Å². The number of carbonyl (C=O) groups excluding carboxylic acids is 1. The Balaban J connectivity index is 2.01. The van der Waals surface area contributed by atoms with Crippen molar-refractivity contribution in [3.05, 3.63) is 16.4 Å². The van der Waals surface area contributed by atoms with Gasteiger partial charge in [0.15, 0.2) is 0 Å². The summed E-state index contributed by atoms with van der Waals surface area (Å²) in [5.74, 6) is 0.212. The quantitative estimate of drug-likeness (QED) is 0.880. The van der Waals surface area contributed by atoms with Gasteiger partial charge in [0.05, 0.1) is 22.4 Å². The number of aromatic nitrogens is 2. The highest BCUT2D eigenvalue weighted by atomic mass is 79.9. The molecule has 6 nitrogen and oxygen atoms in total. The second-order valence-electron chi connectivity index (χ2n) is 6.50. The third kappa shape index (κ3) is 3.77. The maximum Gasteiger partial charge on any atom is 0.410 e. The molecule has 1 aliphatic heterocycles. The summed E-state index contributed by atoms with van der Waals surface area (Å²) in [7, 11) is 1.88. The van der Waals surface area contributed by atoms with Crippen LogP contribution in [0.15, 0.2) is 10.7 Å². The summed E-state index contributed by atoms with van der Waals surface area (Å²) >= 11 is 3.48. The van der Waals surface area contributed by atoms with Crippen molar-refractivity contribution in [3.8, 4) is 0 Å². The Morgan fingerprint density at radius 2 is 2.24 bits per heavy atom. The molecule has 0 spiro atoms. The van der Waals surface area contributed by atoms with Crippen molar-refractivity contribution in [2.45, 2.75) is 38.8 Å². The normalized spacial score (nSPS) is 20.7. The summed E-state index contributed by atoms with van der Waals surface area (Å²) in [4.78, 5) is 13.8. The number of aryl methyl sites for hydroxylation is 1. The number of likely N-dealkylation sites (tertiary alicyclic amines) is 1. The van der Waals surface area contributed by atoms with Crippen LogP contribution in [0.3, 0.4) is 0 Å². The van der Waals surface area contributed by atoms with Crippen LogP contribution in [-0.4, -0.2) is 39.5 Å². The lowest BCUT2D eigenvalue weighted by Crippen LogP contribution is -2.36. The molecule has 118 valence electrons. The first-order valence-electron chi connectivity index (χ1n) is 7.10. The van der Waals surface area contributed by atoms with Crippen LogP contribution >= 0.6 is 15.9 Å². The number of amides is 1. The molecule has 1 aliphatic rings. The van der Waals surface area contributed by atoms with Crippen LogP contribution in [0, 0.1) is 5.92 Å². The van der Waals surface area contributed by atoms with Gasteiger partial charge in [-0.05, 0) is 49.0 Å². The van der Waals surface area contributed by atoms with E-state index in [1.54, 1.807) is 15.8 Å². The van der Waals surface area contributed by atoms with Crippen molar-refractivity contribution in [1.82, 2.24) is 14.7 Å². The molecule has 1 saturated heterocycles. The summed E-state index contributed by atoms with van der Waals surface area (Å²) in [6, 6.07) is -0.153. The third-order valence-corrected chi connectivity index (χ3v) is 4.25. The molecule has 0 bridgehead atoms. The van der Waals surface area contributed by atoms with Crippen molar-refractivity contribution in [1.29, 1.82) is 0 Å². The van der Waals surface area contributed by atoms with E-state index in [1.807, 2.05) is 27.8 Å². The highest BCUT2D eigenvalue weighted by Crippen LogP contribution is 2.32. The second kappa shape index (κ2) is 5.96. The molecule has 7 heteroatoms. The Morgan fingerprint density at radius 1 is 1.57 bits per heavy atom. The lowest BCUT2D eigenvalue weighted by Gasteiger charge is -2.25. The highest BCUT2D eigenvalue weighted by molar-refractivity contribution is 9.10. The average Bonchev–Trinajstić information content (AvgIpc) is 2.94. The van der Waals surface area contributed by atoms with Gasteiger partial charge in [-0.25, -0.2) is 4.79 Å². The zero-order valence-electron chi connectivity index (χ0n) is 13.0. The van der Waals surface area contributed by atoms with Crippen molar-refractivity contribution >= 4 is 22.0 Å². The Morgan fingerprint density at radius 3 is 2.76 bits per heavy atom. The molecule has 21 heavy (non-hydrogen) atoms. The zero-order chi connectivity index (χ0) is 15.8. The Kier molecular flexibility index (Phi) is 4.63. The smallest absolute Gasteiger partial charge is 0.410 e. The lowest BCUT2D eigenvalue weighted by molar-refractivity contribution is 0.0286. The van der Waals surface area contributed by atoms with Crippen LogP contribution in [0.5, 0.6) is 0 Å². The summed E-state index contributed by atoms with van der Waals surface area (Å²) in [5, 5.41) is 4.20. The molecule has 0 radical (unpaired) electrons. The summed E-state index contributed by atoms with van der Waals surface area (Å²) in [5.41, 5.74) is 6.86. The first-order valence-corrected chi connectivity index (χ1v) is 7.89. The molecule has 0 aliphatic carbocycles. The van der Waals surface area contributed by atoms with Gasteiger partial charge in [0.25, 0.3) is 0 Å². The number of ether oxygens (including phenoxy) is 1.